The van der Waals surface area contributed by atoms with E-state index in [4.69, 9.17) is 10.00 Å². The Hall–Kier alpha value is -3.99. The predicted molar refractivity (Wildman–Crippen MR) is 114 cm³/mol. The van der Waals surface area contributed by atoms with Gasteiger partial charge in [0.25, 0.3) is 11.5 Å². The zero-order chi connectivity index (χ0) is 21.3. The molecule has 1 N–H and O–H groups in total. The van der Waals surface area contributed by atoms with Crippen LogP contribution < -0.4 is 15.7 Å². The first kappa shape index (κ1) is 20.7. The van der Waals surface area contributed by atoms with Crippen molar-refractivity contribution in [1.29, 1.82) is 5.26 Å². The molecule has 152 valence electrons. The van der Waals surface area contributed by atoms with E-state index in [-0.39, 0.29) is 17.9 Å². The molecule has 0 spiro atoms. The van der Waals surface area contributed by atoms with E-state index in [0.717, 1.165) is 18.4 Å². The quantitative estimate of drug-likeness (QED) is 0.459. The Labute approximate surface area is 173 Å². The van der Waals surface area contributed by atoms with Crippen LogP contribution in [0.2, 0.25) is 0 Å². The van der Waals surface area contributed by atoms with E-state index in [1.807, 2.05) is 13.0 Å². The Bertz CT molecular complexity index is 1160. The Morgan fingerprint density at radius 3 is 2.67 bits per heavy atom. The highest BCUT2D eigenvalue weighted by Gasteiger charge is 2.16. The van der Waals surface area contributed by atoms with Crippen LogP contribution in [-0.2, 0) is 6.54 Å². The Morgan fingerprint density at radius 1 is 1.23 bits per heavy atom. The third kappa shape index (κ3) is 4.89. The van der Waals surface area contributed by atoms with Crippen molar-refractivity contribution in [2.45, 2.75) is 26.3 Å². The fourth-order valence-electron chi connectivity index (χ4n) is 2.85. The minimum absolute atomic E-state index is 0.0230. The summed E-state index contributed by atoms with van der Waals surface area (Å²) in [4.78, 5) is 25.3. The summed E-state index contributed by atoms with van der Waals surface area (Å²) in [5.41, 5.74) is 3.15. The van der Waals surface area contributed by atoms with Crippen LogP contribution in [0.15, 0.2) is 58.4 Å². The minimum Gasteiger partial charge on any atom is -0.479 e. The largest absolute Gasteiger partial charge is 0.479 e. The number of aromatic nitrogens is 2. The highest BCUT2D eigenvalue weighted by atomic mass is 16.5. The number of hydrazone groups is 1. The first-order valence-corrected chi connectivity index (χ1v) is 9.57. The second kappa shape index (κ2) is 9.98. The molecular formula is C22H21N5O3. The number of hydrogen-bond donors (Lipinski definition) is 1. The molecule has 0 unspecified atom stereocenters. The average Bonchev–Trinajstić information content (AvgIpc) is 2.78. The van der Waals surface area contributed by atoms with Crippen molar-refractivity contribution in [2.24, 2.45) is 5.10 Å². The van der Waals surface area contributed by atoms with Gasteiger partial charge in [0.1, 0.15) is 11.8 Å². The number of aryl methyl sites for hydroxylation is 1. The smallest absolute Gasteiger partial charge is 0.292 e. The van der Waals surface area contributed by atoms with Crippen LogP contribution in [0.1, 0.15) is 35.8 Å². The molecule has 3 rings (SSSR count). The monoisotopic (exact) mass is 403 g/mol. The lowest BCUT2D eigenvalue weighted by Crippen LogP contribution is -2.29. The third-order valence-electron chi connectivity index (χ3n) is 4.37. The number of carbonyl (C=O) groups excluding carboxylic acids is 1. The van der Waals surface area contributed by atoms with Crippen LogP contribution in [0.4, 0.5) is 0 Å². The SMILES string of the molecule is CCCCn1nc(C(=O)N/N=C\c2ccc(OCC#N)cc2)c2ccccc2c1=O. The van der Waals surface area contributed by atoms with E-state index in [0.29, 0.717) is 23.1 Å². The van der Waals surface area contributed by atoms with Crippen LogP contribution in [0, 0.1) is 11.3 Å². The predicted octanol–water partition coefficient (Wildman–Crippen LogP) is 2.86. The standard InChI is InChI=1S/C22H21N5O3/c1-2-3-13-27-22(29)19-7-5-4-6-18(19)20(26-27)21(28)25-24-15-16-8-10-17(11-9-16)30-14-12-23/h4-11,15H,2-3,13-14H2,1H3,(H,25,28)/b24-15-. The van der Waals surface area contributed by atoms with E-state index >= 15 is 0 Å². The third-order valence-corrected chi connectivity index (χ3v) is 4.37. The maximum atomic E-state index is 12.7. The first-order valence-electron chi connectivity index (χ1n) is 9.57. The summed E-state index contributed by atoms with van der Waals surface area (Å²) < 4.78 is 6.53. The van der Waals surface area contributed by atoms with Gasteiger partial charge >= 0.3 is 0 Å². The summed E-state index contributed by atoms with van der Waals surface area (Å²) in [5, 5.41) is 17.7. The summed E-state index contributed by atoms with van der Waals surface area (Å²) >= 11 is 0. The number of rotatable bonds is 8. The number of unbranched alkanes of at least 4 members (excludes halogenated alkanes) is 1. The molecule has 1 aromatic heterocycles. The van der Waals surface area contributed by atoms with Gasteiger partial charge in [-0.05, 0) is 42.3 Å². The molecule has 0 aliphatic heterocycles. The second-order valence-electron chi connectivity index (χ2n) is 6.49. The lowest BCUT2D eigenvalue weighted by molar-refractivity contribution is 0.0949. The maximum absolute atomic E-state index is 12.7. The van der Waals surface area contributed by atoms with Gasteiger partial charge in [-0.1, -0.05) is 31.5 Å². The normalized spacial score (nSPS) is 10.8. The molecule has 30 heavy (non-hydrogen) atoms. The zero-order valence-corrected chi connectivity index (χ0v) is 16.5. The van der Waals surface area contributed by atoms with Crippen molar-refractivity contribution in [1.82, 2.24) is 15.2 Å². The second-order valence-corrected chi connectivity index (χ2v) is 6.49. The van der Waals surface area contributed by atoms with Crippen molar-refractivity contribution in [3.63, 3.8) is 0 Å². The fraction of sp³-hybridized carbons (Fsp3) is 0.227. The maximum Gasteiger partial charge on any atom is 0.292 e. The molecule has 8 heteroatoms. The van der Waals surface area contributed by atoms with Crippen molar-refractivity contribution in [3.8, 4) is 11.8 Å². The highest BCUT2D eigenvalue weighted by molar-refractivity contribution is 6.04. The number of nitriles is 1. The van der Waals surface area contributed by atoms with Crippen LogP contribution in [0.25, 0.3) is 10.8 Å². The van der Waals surface area contributed by atoms with Crippen LogP contribution in [0.3, 0.4) is 0 Å². The van der Waals surface area contributed by atoms with Gasteiger partial charge in [-0.15, -0.1) is 0 Å². The minimum atomic E-state index is -0.498. The fourth-order valence-corrected chi connectivity index (χ4v) is 2.85. The van der Waals surface area contributed by atoms with Crippen LogP contribution in [0.5, 0.6) is 5.75 Å². The van der Waals surface area contributed by atoms with Crippen molar-refractivity contribution < 1.29 is 9.53 Å². The summed E-state index contributed by atoms with van der Waals surface area (Å²) in [6, 6.07) is 15.7. The molecule has 0 fully saturated rings. The van der Waals surface area contributed by atoms with Crippen LogP contribution in [-0.4, -0.2) is 28.5 Å². The lowest BCUT2D eigenvalue weighted by atomic mass is 10.1. The van der Waals surface area contributed by atoms with Gasteiger partial charge in [0.15, 0.2) is 12.3 Å². The Kier molecular flexibility index (Phi) is 6.90. The number of nitrogens with zero attached hydrogens (tertiary/aromatic N) is 4. The Morgan fingerprint density at radius 2 is 1.97 bits per heavy atom. The topological polar surface area (TPSA) is 109 Å². The van der Waals surface area contributed by atoms with Crippen molar-refractivity contribution in [3.05, 3.63) is 70.1 Å². The Balaban J connectivity index is 1.79. The number of nitrogens with one attached hydrogen (secondary N) is 1. The van der Waals surface area contributed by atoms with Gasteiger partial charge in [0, 0.05) is 11.9 Å². The molecule has 1 amide bonds. The lowest BCUT2D eigenvalue weighted by Gasteiger charge is -2.09. The molecule has 8 nitrogen and oxygen atoms in total. The number of benzene rings is 2. The summed E-state index contributed by atoms with van der Waals surface area (Å²) in [6.07, 6.45) is 3.19. The molecule has 0 radical (unpaired) electrons. The molecule has 1 heterocycles. The highest BCUT2D eigenvalue weighted by Crippen LogP contribution is 2.14. The van der Waals surface area contributed by atoms with E-state index in [1.165, 1.54) is 10.9 Å². The van der Waals surface area contributed by atoms with Crippen molar-refractivity contribution >= 4 is 22.9 Å². The van der Waals surface area contributed by atoms with Gasteiger partial charge in [-0.25, -0.2) is 10.1 Å². The van der Waals surface area contributed by atoms with E-state index in [2.05, 4.69) is 15.6 Å². The molecule has 2 aromatic carbocycles. The van der Waals surface area contributed by atoms with Gasteiger partial charge in [0.05, 0.1) is 11.6 Å². The molecule has 0 atom stereocenters. The number of fused-ring (bicyclic) bond motifs is 1. The summed E-state index contributed by atoms with van der Waals surface area (Å²) in [5.74, 6) is 0.0735. The summed E-state index contributed by atoms with van der Waals surface area (Å²) in [7, 11) is 0. The van der Waals surface area contributed by atoms with Gasteiger partial charge in [-0.3, -0.25) is 9.59 Å². The van der Waals surface area contributed by atoms with Gasteiger partial charge in [0.2, 0.25) is 0 Å². The number of ether oxygens (including phenoxy) is 1. The van der Waals surface area contributed by atoms with Crippen LogP contribution >= 0.6 is 0 Å². The molecule has 0 aliphatic carbocycles. The molecular weight excluding hydrogens is 382 g/mol. The summed E-state index contributed by atoms with van der Waals surface area (Å²) in [6.45, 7) is 2.45. The van der Waals surface area contributed by atoms with E-state index in [9.17, 15) is 9.59 Å². The number of hydrogen-bond acceptors (Lipinski definition) is 6. The molecule has 0 saturated heterocycles. The molecule has 0 saturated carbocycles. The van der Waals surface area contributed by atoms with Gasteiger partial charge < -0.3 is 4.74 Å². The molecule has 3 aromatic rings. The number of carbonyl (C=O) groups is 1. The molecule has 0 aliphatic rings. The zero-order valence-electron chi connectivity index (χ0n) is 16.5. The van der Waals surface area contributed by atoms with Crippen molar-refractivity contribution in [2.75, 3.05) is 6.61 Å². The van der Waals surface area contributed by atoms with E-state index in [1.54, 1.807) is 48.5 Å². The molecule has 0 bridgehead atoms. The average molecular weight is 403 g/mol. The van der Waals surface area contributed by atoms with E-state index < -0.39 is 5.91 Å². The van der Waals surface area contributed by atoms with Gasteiger partial charge in [-0.2, -0.15) is 15.5 Å². The first-order chi connectivity index (χ1) is 14.6. The number of amides is 1.